The number of amides is 3. The van der Waals surface area contributed by atoms with E-state index in [-0.39, 0.29) is 29.7 Å². The van der Waals surface area contributed by atoms with Crippen LogP contribution in [0.25, 0.3) is 0 Å². The van der Waals surface area contributed by atoms with Crippen LogP contribution in [0.5, 0.6) is 0 Å². The summed E-state index contributed by atoms with van der Waals surface area (Å²) in [6, 6.07) is 0. The molecule has 23 heavy (non-hydrogen) atoms. The smallest absolute Gasteiger partial charge is 0.409 e. The largest absolute Gasteiger partial charge is 0.450 e. The van der Waals surface area contributed by atoms with E-state index in [4.69, 9.17) is 4.74 Å². The van der Waals surface area contributed by atoms with Gasteiger partial charge in [-0.05, 0) is 19.3 Å². The second-order valence-electron chi connectivity index (χ2n) is 6.60. The number of carbonyl (C=O) groups excluding carboxylic acids is 3. The van der Waals surface area contributed by atoms with E-state index in [1.54, 1.807) is 16.7 Å². The van der Waals surface area contributed by atoms with Crippen LogP contribution in [0.2, 0.25) is 0 Å². The highest BCUT2D eigenvalue weighted by Crippen LogP contribution is 2.40. The molecule has 2 atom stereocenters. The lowest BCUT2D eigenvalue weighted by atomic mass is 10.2. The summed E-state index contributed by atoms with van der Waals surface area (Å²) in [6.07, 6.45) is 0.317. The highest BCUT2D eigenvalue weighted by Gasteiger charge is 2.49. The van der Waals surface area contributed by atoms with Crippen LogP contribution < -0.4 is 5.32 Å². The third-order valence-electron chi connectivity index (χ3n) is 4.25. The number of hydrogen-bond acceptors (Lipinski definition) is 4. The maximum Gasteiger partial charge on any atom is 0.409 e. The molecule has 7 nitrogen and oxygen atoms in total. The van der Waals surface area contributed by atoms with Gasteiger partial charge in [0.1, 0.15) is 0 Å². The first-order valence-corrected chi connectivity index (χ1v) is 8.42. The minimum Gasteiger partial charge on any atom is -0.450 e. The summed E-state index contributed by atoms with van der Waals surface area (Å²) >= 11 is 0. The molecule has 1 saturated heterocycles. The van der Waals surface area contributed by atoms with Crippen molar-refractivity contribution < 1.29 is 19.1 Å². The number of hydrogen-bond donors (Lipinski definition) is 1. The van der Waals surface area contributed by atoms with Crippen molar-refractivity contribution in [1.82, 2.24) is 15.1 Å². The molecular formula is C16H27N3O4. The molecule has 130 valence electrons. The van der Waals surface area contributed by atoms with Crippen LogP contribution in [0.15, 0.2) is 0 Å². The van der Waals surface area contributed by atoms with Crippen LogP contribution in [0.1, 0.15) is 27.2 Å². The predicted molar refractivity (Wildman–Crippen MR) is 84.6 cm³/mol. The molecule has 0 radical (unpaired) electrons. The monoisotopic (exact) mass is 325 g/mol. The van der Waals surface area contributed by atoms with Crippen molar-refractivity contribution in [2.45, 2.75) is 27.2 Å². The van der Waals surface area contributed by atoms with Crippen LogP contribution in [0.3, 0.4) is 0 Å². The average Bonchev–Trinajstić information content (AvgIpc) is 3.33. The highest BCUT2D eigenvalue weighted by atomic mass is 16.6. The van der Waals surface area contributed by atoms with E-state index in [0.717, 1.165) is 0 Å². The first-order chi connectivity index (χ1) is 10.9. The third-order valence-corrected chi connectivity index (χ3v) is 4.25. The molecular weight excluding hydrogens is 298 g/mol. The van der Waals surface area contributed by atoms with Crippen LogP contribution in [-0.4, -0.2) is 67.0 Å². The van der Waals surface area contributed by atoms with Crippen molar-refractivity contribution in [1.29, 1.82) is 0 Å². The molecule has 2 rings (SSSR count). The number of rotatable bonds is 5. The van der Waals surface area contributed by atoms with Gasteiger partial charge in [0, 0.05) is 32.7 Å². The summed E-state index contributed by atoms with van der Waals surface area (Å²) in [5.41, 5.74) is 0. The van der Waals surface area contributed by atoms with Gasteiger partial charge in [-0.3, -0.25) is 9.59 Å². The standard InChI is InChI=1S/C16H27N3O4/c1-4-23-16(22)19-7-5-18(6-8-19)15(21)13-9-12(13)14(20)17-10-11(2)3/h11-13H,4-10H2,1-3H3,(H,17,20). The van der Waals surface area contributed by atoms with Crippen LogP contribution >= 0.6 is 0 Å². The Hall–Kier alpha value is -1.79. The topological polar surface area (TPSA) is 79.0 Å². The summed E-state index contributed by atoms with van der Waals surface area (Å²) < 4.78 is 4.96. The molecule has 2 aliphatic rings. The highest BCUT2D eigenvalue weighted by molar-refractivity contribution is 5.92. The molecule has 7 heteroatoms. The Bertz CT molecular complexity index is 458. The molecule has 1 saturated carbocycles. The van der Waals surface area contributed by atoms with Crippen molar-refractivity contribution in [3.05, 3.63) is 0 Å². The lowest BCUT2D eigenvalue weighted by Crippen LogP contribution is -2.51. The quantitative estimate of drug-likeness (QED) is 0.807. The summed E-state index contributed by atoms with van der Waals surface area (Å²) in [5, 5.41) is 2.89. The van der Waals surface area contributed by atoms with Gasteiger partial charge in [0.15, 0.2) is 0 Å². The summed E-state index contributed by atoms with van der Waals surface area (Å²) in [7, 11) is 0. The Morgan fingerprint density at radius 1 is 1.09 bits per heavy atom. The molecule has 0 spiro atoms. The van der Waals surface area contributed by atoms with Gasteiger partial charge in [0.25, 0.3) is 0 Å². The SMILES string of the molecule is CCOC(=O)N1CCN(C(=O)C2CC2C(=O)NCC(C)C)CC1. The molecule has 1 aliphatic carbocycles. The van der Waals surface area contributed by atoms with Gasteiger partial charge in [-0.1, -0.05) is 13.8 Å². The van der Waals surface area contributed by atoms with E-state index in [0.29, 0.717) is 51.7 Å². The van der Waals surface area contributed by atoms with Crippen molar-refractivity contribution in [3.63, 3.8) is 0 Å². The Kier molecular flexibility index (Phi) is 5.85. The van der Waals surface area contributed by atoms with E-state index in [1.165, 1.54) is 0 Å². The normalized spacial score (nSPS) is 23.7. The van der Waals surface area contributed by atoms with Gasteiger partial charge in [0.2, 0.25) is 11.8 Å². The van der Waals surface area contributed by atoms with E-state index in [1.807, 2.05) is 13.8 Å². The van der Waals surface area contributed by atoms with E-state index < -0.39 is 0 Å². The summed E-state index contributed by atoms with van der Waals surface area (Å²) in [4.78, 5) is 39.4. The fraction of sp³-hybridized carbons (Fsp3) is 0.812. The zero-order valence-corrected chi connectivity index (χ0v) is 14.2. The predicted octanol–water partition coefficient (Wildman–Crippen LogP) is 0.695. The molecule has 1 aliphatic heterocycles. The maximum atomic E-state index is 12.4. The second-order valence-corrected chi connectivity index (χ2v) is 6.60. The lowest BCUT2D eigenvalue weighted by molar-refractivity contribution is -0.136. The fourth-order valence-electron chi connectivity index (χ4n) is 2.75. The van der Waals surface area contributed by atoms with Gasteiger partial charge in [-0.2, -0.15) is 0 Å². The Morgan fingerprint density at radius 2 is 1.70 bits per heavy atom. The summed E-state index contributed by atoms with van der Waals surface area (Å²) in [6.45, 7) is 8.85. The number of nitrogens with zero attached hydrogens (tertiary/aromatic N) is 2. The number of ether oxygens (including phenoxy) is 1. The zero-order valence-electron chi connectivity index (χ0n) is 14.2. The number of carbonyl (C=O) groups is 3. The minimum absolute atomic E-state index is 0.0118. The molecule has 3 amide bonds. The first-order valence-electron chi connectivity index (χ1n) is 8.42. The fourth-order valence-corrected chi connectivity index (χ4v) is 2.75. The minimum atomic E-state index is -0.322. The Morgan fingerprint density at radius 3 is 2.26 bits per heavy atom. The summed E-state index contributed by atoms with van der Waals surface area (Å²) in [5.74, 6) is 0.0730. The Labute approximate surface area is 137 Å². The molecule has 1 N–H and O–H groups in total. The average molecular weight is 325 g/mol. The third kappa shape index (κ3) is 4.59. The van der Waals surface area contributed by atoms with Crippen molar-refractivity contribution in [2.24, 2.45) is 17.8 Å². The molecule has 0 aromatic rings. The van der Waals surface area contributed by atoms with Crippen molar-refractivity contribution >= 4 is 17.9 Å². The first kappa shape index (κ1) is 17.6. The van der Waals surface area contributed by atoms with Crippen molar-refractivity contribution in [2.75, 3.05) is 39.3 Å². The van der Waals surface area contributed by atoms with Gasteiger partial charge in [0.05, 0.1) is 18.4 Å². The molecule has 1 heterocycles. The molecule has 0 aromatic carbocycles. The van der Waals surface area contributed by atoms with Crippen LogP contribution in [-0.2, 0) is 14.3 Å². The van der Waals surface area contributed by atoms with Gasteiger partial charge < -0.3 is 19.9 Å². The molecule has 0 bridgehead atoms. The van der Waals surface area contributed by atoms with E-state index in [9.17, 15) is 14.4 Å². The number of nitrogens with one attached hydrogen (secondary N) is 1. The van der Waals surface area contributed by atoms with Crippen LogP contribution in [0.4, 0.5) is 4.79 Å². The molecule has 2 fully saturated rings. The molecule has 2 unspecified atom stereocenters. The van der Waals surface area contributed by atoms with Crippen LogP contribution in [0, 0.1) is 17.8 Å². The maximum absolute atomic E-state index is 12.4. The van der Waals surface area contributed by atoms with E-state index in [2.05, 4.69) is 5.32 Å². The van der Waals surface area contributed by atoms with Gasteiger partial charge in [-0.15, -0.1) is 0 Å². The Balaban J connectivity index is 1.74. The van der Waals surface area contributed by atoms with Gasteiger partial charge in [-0.25, -0.2) is 4.79 Å². The molecule has 0 aromatic heterocycles. The van der Waals surface area contributed by atoms with Gasteiger partial charge >= 0.3 is 6.09 Å². The zero-order chi connectivity index (χ0) is 17.0. The van der Waals surface area contributed by atoms with E-state index >= 15 is 0 Å². The lowest BCUT2D eigenvalue weighted by Gasteiger charge is -2.34. The van der Waals surface area contributed by atoms with Crippen molar-refractivity contribution in [3.8, 4) is 0 Å². The second kappa shape index (κ2) is 7.66. The number of piperazine rings is 1.